The van der Waals surface area contributed by atoms with Gasteiger partial charge in [0.1, 0.15) is 0 Å². The van der Waals surface area contributed by atoms with Gasteiger partial charge in [-0.2, -0.15) is 0 Å². The monoisotopic (exact) mass is 166 g/mol. The van der Waals surface area contributed by atoms with Crippen LogP contribution < -0.4 is 0 Å². The predicted octanol–water partition coefficient (Wildman–Crippen LogP) is 2.30. The van der Waals surface area contributed by atoms with E-state index in [9.17, 15) is 15.0 Å². The van der Waals surface area contributed by atoms with Crippen LogP contribution in [0.25, 0.3) is 0 Å². The minimum Gasteiger partial charge on any atom is -0.258 e. The lowest BCUT2D eigenvalue weighted by atomic mass is 10.2. The molecular weight excluding hydrogens is 160 g/mol. The lowest BCUT2D eigenvalue weighted by molar-refractivity contribution is -0.384. The van der Waals surface area contributed by atoms with Crippen LogP contribution in [0.5, 0.6) is 0 Å². The molecule has 0 spiro atoms. The molecule has 0 aliphatic heterocycles. The zero-order valence-corrected chi connectivity index (χ0v) is 6.35. The number of hydrogen-bond donors (Lipinski definition) is 0. The molecule has 0 heterocycles. The van der Waals surface area contributed by atoms with Crippen molar-refractivity contribution in [2.24, 2.45) is 5.18 Å². The van der Waals surface area contributed by atoms with Gasteiger partial charge in [-0.3, -0.25) is 10.1 Å². The van der Waals surface area contributed by atoms with Gasteiger partial charge in [0.2, 0.25) is 0 Å². The van der Waals surface area contributed by atoms with Crippen molar-refractivity contribution in [3.8, 4) is 0 Å². The number of hydrogen-bond acceptors (Lipinski definition) is 4. The van der Waals surface area contributed by atoms with E-state index in [-0.39, 0.29) is 11.4 Å². The van der Waals surface area contributed by atoms with E-state index in [0.29, 0.717) is 5.56 Å². The third kappa shape index (κ3) is 1.29. The fraction of sp³-hybridized carbons (Fsp3) is 0.143. The molecule has 0 aromatic heterocycles. The summed E-state index contributed by atoms with van der Waals surface area (Å²) in [6.07, 6.45) is 0. The molecule has 62 valence electrons. The summed E-state index contributed by atoms with van der Waals surface area (Å²) < 4.78 is 0. The van der Waals surface area contributed by atoms with Crippen molar-refractivity contribution in [1.82, 2.24) is 0 Å². The van der Waals surface area contributed by atoms with Gasteiger partial charge in [0.15, 0.2) is 5.69 Å². The maximum Gasteiger partial charge on any atom is 0.298 e. The topological polar surface area (TPSA) is 72.6 Å². The minimum absolute atomic E-state index is 0.0949. The first-order valence-corrected chi connectivity index (χ1v) is 3.24. The second kappa shape index (κ2) is 3.08. The third-order valence-corrected chi connectivity index (χ3v) is 1.50. The van der Waals surface area contributed by atoms with Gasteiger partial charge in [-0.15, -0.1) is 4.91 Å². The highest BCUT2D eigenvalue weighted by atomic mass is 16.6. The molecule has 1 aromatic carbocycles. The Morgan fingerprint density at radius 3 is 2.58 bits per heavy atom. The highest BCUT2D eigenvalue weighted by Crippen LogP contribution is 2.29. The second-order valence-corrected chi connectivity index (χ2v) is 2.29. The maximum absolute atomic E-state index is 10.3. The molecule has 0 radical (unpaired) electrons. The molecule has 5 heteroatoms. The van der Waals surface area contributed by atoms with Gasteiger partial charge in [-0.25, -0.2) is 0 Å². The second-order valence-electron chi connectivity index (χ2n) is 2.29. The van der Waals surface area contributed by atoms with Crippen molar-refractivity contribution in [3.05, 3.63) is 38.8 Å². The molecule has 0 saturated heterocycles. The number of nitro groups is 1. The molecule has 1 rings (SSSR count). The van der Waals surface area contributed by atoms with E-state index < -0.39 is 4.92 Å². The van der Waals surface area contributed by atoms with E-state index in [0.717, 1.165) is 0 Å². The lowest BCUT2D eigenvalue weighted by Gasteiger charge is -1.96. The van der Waals surface area contributed by atoms with Crippen LogP contribution in [0.4, 0.5) is 11.4 Å². The summed E-state index contributed by atoms with van der Waals surface area (Å²) in [6, 6.07) is 4.37. The Balaban J connectivity index is 3.37. The van der Waals surface area contributed by atoms with Crippen LogP contribution in [-0.2, 0) is 0 Å². The van der Waals surface area contributed by atoms with E-state index >= 15 is 0 Å². The van der Waals surface area contributed by atoms with Crippen LogP contribution in [0.1, 0.15) is 5.56 Å². The number of nitroso groups, excluding NO2 is 1. The summed E-state index contributed by atoms with van der Waals surface area (Å²) in [5.74, 6) is 0. The van der Waals surface area contributed by atoms with Gasteiger partial charge in [0.25, 0.3) is 5.69 Å². The number of benzene rings is 1. The molecule has 0 aliphatic carbocycles. The summed E-state index contributed by atoms with van der Waals surface area (Å²) in [5, 5.41) is 12.9. The Kier molecular flexibility index (Phi) is 2.14. The molecule has 0 fully saturated rings. The van der Waals surface area contributed by atoms with Crippen molar-refractivity contribution in [1.29, 1.82) is 0 Å². The predicted molar refractivity (Wildman–Crippen MR) is 43.3 cm³/mol. The molecule has 0 bridgehead atoms. The number of rotatable bonds is 2. The molecule has 0 saturated carbocycles. The summed E-state index contributed by atoms with van der Waals surface area (Å²) in [6.45, 7) is 1.60. The van der Waals surface area contributed by atoms with E-state index in [2.05, 4.69) is 5.18 Å². The molecule has 1 aromatic rings. The van der Waals surface area contributed by atoms with Crippen LogP contribution in [0, 0.1) is 21.9 Å². The van der Waals surface area contributed by atoms with Crippen LogP contribution in [0.15, 0.2) is 23.4 Å². The van der Waals surface area contributed by atoms with Crippen LogP contribution >= 0.6 is 0 Å². The highest BCUT2D eigenvalue weighted by molar-refractivity contribution is 5.61. The largest absolute Gasteiger partial charge is 0.298 e. The molecule has 12 heavy (non-hydrogen) atoms. The van der Waals surface area contributed by atoms with Gasteiger partial charge in [-0.1, -0.05) is 12.1 Å². The molecular formula is C7H6N2O3. The molecule has 0 N–H and O–H groups in total. The Labute approximate surface area is 68.1 Å². The third-order valence-electron chi connectivity index (χ3n) is 1.50. The summed E-state index contributed by atoms with van der Waals surface area (Å²) in [4.78, 5) is 19.9. The fourth-order valence-corrected chi connectivity index (χ4v) is 0.910. The first-order chi connectivity index (χ1) is 5.66. The molecule has 5 nitrogen and oxygen atoms in total. The maximum atomic E-state index is 10.3. The van der Waals surface area contributed by atoms with Crippen molar-refractivity contribution < 1.29 is 4.92 Å². The standard InChI is InChI=1S/C7H6N2O3/c1-5-3-2-4-6(9(11)12)7(5)8-10/h2-4H,1H3. The van der Waals surface area contributed by atoms with Gasteiger partial charge < -0.3 is 0 Å². The van der Waals surface area contributed by atoms with Crippen molar-refractivity contribution in [3.63, 3.8) is 0 Å². The summed E-state index contributed by atoms with van der Waals surface area (Å²) >= 11 is 0. The van der Waals surface area contributed by atoms with E-state index in [4.69, 9.17) is 0 Å². The van der Waals surface area contributed by atoms with Crippen LogP contribution in [-0.4, -0.2) is 4.92 Å². The minimum atomic E-state index is -0.621. The zero-order valence-electron chi connectivity index (χ0n) is 6.35. The Hall–Kier alpha value is -1.78. The van der Waals surface area contributed by atoms with E-state index in [1.54, 1.807) is 13.0 Å². The highest BCUT2D eigenvalue weighted by Gasteiger charge is 2.15. The average molecular weight is 166 g/mol. The van der Waals surface area contributed by atoms with Crippen molar-refractivity contribution in [2.75, 3.05) is 0 Å². The van der Waals surface area contributed by atoms with Gasteiger partial charge >= 0.3 is 0 Å². The molecule has 0 atom stereocenters. The summed E-state index contributed by atoms with van der Waals surface area (Å²) in [7, 11) is 0. The van der Waals surface area contributed by atoms with Crippen LogP contribution in [0.2, 0.25) is 0 Å². The van der Waals surface area contributed by atoms with Gasteiger partial charge in [0.05, 0.1) is 4.92 Å². The van der Waals surface area contributed by atoms with E-state index in [1.165, 1.54) is 12.1 Å². The fourth-order valence-electron chi connectivity index (χ4n) is 0.910. The average Bonchev–Trinajstić information content (AvgIpc) is 2.03. The van der Waals surface area contributed by atoms with E-state index in [1.807, 2.05) is 0 Å². The normalized spacial score (nSPS) is 9.42. The quantitative estimate of drug-likeness (QED) is 0.384. The Bertz CT molecular complexity index is 335. The van der Waals surface area contributed by atoms with Crippen LogP contribution in [0.3, 0.4) is 0 Å². The van der Waals surface area contributed by atoms with Gasteiger partial charge in [0, 0.05) is 6.07 Å². The summed E-state index contributed by atoms with van der Waals surface area (Å²) in [5.41, 5.74) is 0.173. The van der Waals surface area contributed by atoms with Crippen molar-refractivity contribution >= 4 is 11.4 Å². The molecule has 0 unspecified atom stereocenters. The first-order valence-electron chi connectivity index (χ1n) is 3.24. The van der Waals surface area contributed by atoms with Crippen molar-refractivity contribution in [2.45, 2.75) is 6.92 Å². The van der Waals surface area contributed by atoms with Gasteiger partial charge in [-0.05, 0) is 17.7 Å². The lowest BCUT2D eigenvalue weighted by Crippen LogP contribution is -1.89. The molecule has 0 amide bonds. The Morgan fingerprint density at radius 1 is 1.50 bits per heavy atom. The number of aryl methyl sites for hydroxylation is 1. The SMILES string of the molecule is Cc1cccc([N+](=O)[O-])c1N=O. The Morgan fingerprint density at radius 2 is 2.17 bits per heavy atom. The first kappa shape index (κ1) is 8.32. The smallest absolute Gasteiger partial charge is 0.258 e. The molecule has 0 aliphatic rings. The number of nitrogens with zero attached hydrogens (tertiary/aromatic N) is 2. The number of nitro benzene ring substituents is 1. The zero-order chi connectivity index (χ0) is 9.14.